The van der Waals surface area contributed by atoms with Crippen molar-refractivity contribution >= 4 is 5.97 Å². The number of methoxy groups -OCH3 is 1. The van der Waals surface area contributed by atoms with E-state index < -0.39 is 11.9 Å². The summed E-state index contributed by atoms with van der Waals surface area (Å²) < 4.78 is 19.0. The Bertz CT molecular complexity index is 1110. The smallest absolute Gasteiger partial charge is 0.306 e. The summed E-state index contributed by atoms with van der Waals surface area (Å²) in [5.74, 6) is -0.671. The van der Waals surface area contributed by atoms with Crippen LogP contribution in [0, 0.1) is 11.7 Å². The van der Waals surface area contributed by atoms with Crippen LogP contribution in [0.1, 0.15) is 49.3 Å². The number of aromatic nitrogens is 1. The van der Waals surface area contributed by atoms with Crippen LogP contribution in [0.25, 0.3) is 11.3 Å². The first-order chi connectivity index (χ1) is 16.4. The number of aromatic hydroxyl groups is 1. The van der Waals surface area contributed by atoms with Crippen LogP contribution in [-0.4, -0.2) is 28.3 Å². The van der Waals surface area contributed by atoms with Gasteiger partial charge in [-0.05, 0) is 78.8 Å². The van der Waals surface area contributed by atoms with Crippen LogP contribution in [-0.2, 0) is 24.1 Å². The molecule has 2 aliphatic carbocycles. The van der Waals surface area contributed by atoms with Crippen molar-refractivity contribution in [2.45, 2.75) is 51.9 Å². The monoisotopic (exact) mass is 465 g/mol. The van der Waals surface area contributed by atoms with Crippen molar-refractivity contribution in [3.05, 3.63) is 77.2 Å². The van der Waals surface area contributed by atoms with Gasteiger partial charge >= 0.3 is 5.97 Å². The van der Waals surface area contributed by atoms with Gasteiger partial charge in [-0.3, -0.25) is 9.78 Å². The Balaban J connectivity index is 0.000000177. The first-order valence-corrected chi connectivity index (χ1v) is 11.7. The van der Waals surface area contributed by atoms with Crippen molar-refractivity contribution in [1.82, 2.24) is 4.98 Å². The second-order valence-electron chi connectivity index (χ2n) is 8.71. The van der Waals surface area contributed by atoms with Gasteiger partial charge in [0.1, 0.15) is 17.3 Å². The molecule has 1 heterocycles. The maximum atomic E-state index is 13.8. The lowest BCUT2D eigenvalue weighted by atomic mass is 10.0. The molecule has 1 aromatic heterocycles. The molecule has 1 fully saturated rings. The van der Waals surface area contributed by atoms with Gasteiger partial charge in [0.05, 0.1) is 18.7 Å². The largest absolute Gasteiger partial charge is 0.508 e. The number of aliphatic carboxylic acids is 1. The van der Waals surface area contributed by atoms with Crippen molar-refractivity contribution in [3.63, 3.8) is 0 Å². The standard InChI is InChI=1S/C15H14FNO.C10H12O3.C3H6/c1-18-12-5-6-14(16)13(8-12)15-7-10-3-2-4-11(10)9-17-15;1-7(10(12)13)5-8-3-2-4-9(11)6-8;1-2-3-1/h5-9H,2-4H2,1H3;2-4,6-7,11H,5H2,1H3,(H,12,13);1-3H2. The number of pyridine rings is 1. The lowest BCUT2D eigenvalue weighted by molar-refractivity contribution is -0.141. The van der Waals surface area contributed by atoms with Crippen LogP contribution in [0.15, 0.2) is 54.7 Å². The molecule has 2 N–H and O–H groups in total. The zero-order chi connectivity index (χ0) is 24.5. The van der Waals surface area contributed by atoms with Gasteiger partial charge in [-0.1, -0.05) is 38.3 Å². The van der Waals surface area contributed by atoms with E-state index in [2.05, 4.69) is 4.98 Å². The summed E-state index contributed by atoms with van der Waals surface area (Å²) in [7, 11) is 1.58. The zero-order valence-electron chi connectivity index (χ0n) is 19.8. The lowest BCUT2D eigenvalue weighted by Gasteiger charge is -2.07. The minimum absolute atomic E-state index is 0.176. The Labute approximate surface area is 200 Å². The van der Waals surface area contributed by atoms with Gasteiger partial charge in [-0.25, -0.2) is 4.39 Å². The second kappa shape index (κ2) is 12.2. The number of hydrogen-bond acceptors (Lipinski definition) is 4. The van der Waals surface area contributed by atoms with Crippen molar-refractivity contribution in [2.75, 3.05) is 7.11 Å². The molecule has 1 atom stereocenters. The molecule has 6 heteroatoms. The van der Waals surface area contributed by atoms with Crippen LogP contribution in [0.2, 0.25) is 0 Å². The highest BCUT2D eigenvalue weighted by atomic mass is 19.1. The molecule has 0 amide bonds. The van der Waals surface area contributed by atoms with Gasteiger partial charge in [0.25, 0.3) is 0 Å². The second-order valence-corrected chi connectivity index (χ2v) is 8.71. The molecular weight excluding hydrogens is 433 g/mol. The normalized spacial score (nSPS) is 14.0. The number of aryl methyl sites for hydroxylation is 2. The lowest BCUT2D eigenvalue weighted by Crippen LogP contribution is -2.11. The summed E-state index contributed by atoms with van der Waals surface area (Å²) in [6.07, 6.45) is 10.1. The number of fused-ring (bicyclic) bond motifs is 1. The summed E-state index contributed by atoms with van der Waals surface area (Å²) in [6.45, 7) is 1.65. The average molecular weight is 466 g/mol. The SMILES string of the molecule is C1CC1.CC(Cc1cccc(O)c1)C(=O)O.COc1ccc(F)c(-c2cc3c(cn2)CCC3)c1. The maximum absolute atomic E-state index is 13.8. The van der Waals surface area contributed by atoms with Gasteiger partial charge in [-0.15, -0.1) is 0 Å². The van der Waals surface area contributed by atoms with Gasteiger partial charge in [0.15, 0.2) is 0 Å². The van der Waals surface area contributed by atoms with E-state index in [0.717, 1.165) is 18.4 Å². The topological polar surface area (TPSA) is 79.7 Å². The van der Waals surface area contributed by atoms with E-state index in [4.69, 9.17) is 14.9 Å². The Hall–Kier alpha value is -3.41. The third kappa shape index (κ3) is 7.58. The highest BCUT2D eigenvalue weighted by Crippen LogP contribution is 2.29. The molecule has 1 unspecified atom stereocenters. The Morgan fingerprint density at radius 1 is 1.06 bits per heavy atom. The van der Waals surface area contributed by atoms with Gasteiger partial charge in [-0.2, -0.15) is 0 Å². The highest BCUT2D eigenvalue weighted by molar-refractivity contribution is 5.70. The minimum atomic E-state index is -0.816. The van der Waals surface area contributed by atoms with Crippen molar-refractivity contribution < 1.29 is 24.1 Å². The number of rotatable bonds is 5. The molecule has 5 rings (SSSR count). The van der Waals surface area contributed by atoms with E-state index in [1.54, 1.807) is 50.4 Å². The summed E-state index contributed by atoms with van der Waals surface area (Å²) in [4.78, 5) is 14.9. The molecule has 34 heavy (non-hydrogen) atoms. The summed E-state index contributed by atoms with van der Waals surface area (Å²) >= 11 is 0. The predicted molar refractivity (Wildman–Crippen MR) is 131 cm³/mol. The van der Waals surface area contributed by atoms with Crippen molar-refractivity contribution in [3.8, 4) is 22.8 Å². The number of nitrogens with zero attached hydrogens (tertiary/aromatic N) is 1. The fourth-order valence-corrected chi connectivity index (χ4v) is 3.55. The van der Waals surface area contributed by atoms with E-state index >= 15 is 0 Å². The van der Waals surface area contributed by atoms with Crippen LogP contribution in [0.4, 0.5) is 4.39 Å². The number of carboxylic acids is 1. The number of phenolic OH excluding ortho intramolecular Hbond substituents is 1. The fraction of sp³-hybridized carbons (Fsp3) is 0.357. The number of hydrogen-bond donors (Lipinski definition) is 2. The number of halogens is 1. The van der Waals surface area contributed by atoms with E-state index in [0.29, 0.717) is 23.4 Å². The molecule has 1 saturated carbocycles. The average Bonchev–Trinajstić information content (AvgIpc) is 3.64. The molecule has 0 bridgehead atoms. The van der Waals surface area contributed by atoms with Crippen LogP contribution >= 0.6 is 0 Å². The number of carboxylic acid groups (broad SMARTS) is 1. The third-order valence-electron chi connectivity index (χ3n) is 5.65. The van der Waals surface area contributed by atoms with Crippen molar-refractivity contribution in [1.29, 1.82) is 0 Å². The molecule has 0 aliphatic heterocycles. The molecule has 0 radical (unpaired) electrons. The molecule has 180 valence electrons. The molecule has 0 saturated heterocycles. The summed E-state index contributed by atoms with van der Waals surface area (Å²) in [5.41, 5.74) is 4.62. The van der Waals surface area contributed by atoms with E-state index in [9.17, 15) is 9.18 Å². The van der Waals surface area contributed by atoms with Crippen molar-refractivity contribution in [2.24, 2.45) is 5.92 Å². The number of ether oxygens (including phenoxy) is 1. The highest BCUT2D eigenvalue weighted by Gasteiger charge is 2.15. The van der Waals surface area contributed by atoms with Crippen LogP contribution in [0.5, 0.6) is 11.5 Å². The summed E-state index contributed by atoms with van der Waals surface area (Å²) in [6, 6.07) is 13.4. The zero-order valence-corrected chi connectivity index (χ0v) is 19.8. The fourth-order valence-electron chi connectivity index (χ4n) is 3.55. The first-order valence-electron chi connectivity index (χ1n) is 11.7. The van der Waals surface area contributed by atoms with Gasteiger partial charge in [0, 0.05) is 11.8 Å². The molecule has 0 spiro atoms. The molecular formula is C28H32FNO4. The third-order valence-corrected chi connectivity index (χ3v) is 5.65. The van der Waals surface area contributed by atoms with Crippen LogP contribution < -0.4 is 4.74 Å². The Kier molecular flexibility index (Phi) is 9.02. The Morgan fingerprint density at radius 2 is 1.79 bits per heavy atom. The number of carbonyl (C=O) groups is 1. The summed E-state index contributed by atoms with van der Waals surface area (Å²) in [5, 5.41) is 17.8. The Morgan fingerprint density at radius 3 is 2.44 bits per heavy atom. The first kappa shape index (κ1) is 25.2. The minimum Gasteiger partial charge on any atom is -0.508 e. The molecule has 5 nitrogen and oxygen atoms in total. The van der Waals surface area contributed by atoms with Gasteiger partial charge < -0.3 is 14.9 Å². The predicted octanol–water partition coefficient (Wildman–Crippen LogP) is 6.21. The quantitative estimate of drug-likeness (QED) is 0.468. The van der Waals surface area contributed by atoms with Gasteiger partial charge in [0.2, 0.25) is 0 Å². The number of phenols is 1. The molecule has 2 aromatic carbocycles. The molecule has 3 aromatic rings. The maximum Gasteiger partial charge on any atom is 0.306 e. The molecule has 2 aliphatic rings. The van der Waals surface area contributed by atoms with E-state index in [1.807, 2.05) is 12.3 Å². The van der Waals surface area contributed by atoms with E-state index in [-0.39, 0.29) is 11.6 Å². The number of benzene rings is 2. The van der Waals surface area contributed by atoms with E-state index in [1.165, 1.54) is 42.9 Å². The van der Waals surface area contributed by atoms with Crippen LogP contribution in [0.3, 0.4) is 0 Å².